The predicted octanol–water partition coefficient (Wildman–Crippen LogP) is 6.01. The van der Waals surface area contributed by atoms with E-state index in [0.717, 1.165) is 30.6 Å². The van der Waals surface area contributed by atoms with Crippen molar-refractivity contribution in [2.45, 2.75) is 122 Å². The van der Waals surface area contributed by atoms with Gasteiger partial charge in [0.15, 0.2) is 0 Å². The van der Waals surface area contributed by atoms with Crippen LogP contribution < -0.4 is 0 Å². The molecule has 1 aliphatic rings. The molecule has 0 unspecified atom stereocenters. The number of aliphatic carboxylic acids is 1. The second kappa shape index (κ2) is 24.0. The maximum atomic E-state index is 12.0. The monoisotopic (exact) mass is 537 g/mol. The standard InChI is InChI=1S/C30H51NO7/c32-27(21-23-37-25-26-38-24-22-31-28(33)19-20-29(31)34)17-15-13-11-9-7-5-3-1-2-4-6-8-10-12-14-16-18-30(35)36/h19-20H,1-18,21-26H2,(H,35,36). The number of ketones is 1. The molecular weight excluding hydrogens is 486 g/mol. The topological polar surface area (TPSA) is 110 Å². The van der Waals surface area contributed by atoms with E-state index in [9.17, 15) is 19.2 Å². The molecular formula is C30H51NO7. The van der Waals surface area contributed by atoms with Crippen LogP contribution in [0, 0.1) is 0 Å². The first-order chi connectivity index (χ1) is 18.5. The summed E-state index contributed by atoms with van der Waals surface area (Å²) < 4.78 is 10.8. The summed E-state index contributed by atoms with van der Waals surface area (Å²) in [5.74, 6) is -1.03. The van der Waals surface area contributed by atoms with Crippen LogP contribution in [0.3, 0.4) is 0 Å². The molecule has 1 N–H and O–H groups in total. The van der Waals surface area contributed by atoms with Crippen molar-refractivity contribution in [3.63, 3.8) is 0 Å². The molecule has 2 amide bonds. The highest BCUT2D eigenvalue weighted by atomic mass is 16.5. The Balaban J connectivity index is 1.72. The van der Waals surface area contributed by atoms with Crippen molar-refractivity contribution in [1.29, 1.82) is 0 Å². The number of carboxylic acid groups (broad SMARTS) is 1. The van der Waals surface area contributed by atoms with Gasteiger partial charge in [-0.25, -0.2) is 0 Å². The van der Waals surface area contributed by atoms with E-state index in [1.54, 1.807) is 0 Å². The van der Waals surface area contributed by atoms with Crippen molar-refractivity contribution >= 4 is 23.6 Å². The Labute approximate surface area is 229 Å². The number of hydrogen-bond donors (Lipinski definition) is 1. The first-order valence-electron chi connectivity index (χ1n) is 14.9. The lowest BCUT2D eigenvalue weighted by atomic mass is 10.0. The van der Waals surface area contributed by atoms with Crippen LogP contribution in [0.2, 0.25) is 0 Å². The van der Waals surface area contributed by atoms with Crippen LogP contribution in [0.5, 0.6) is 0 Å². The van der Waals surface area contributed by atoms with Gasteiger partial charge < -0.3 is 14.6 Å². The zero-order valence-electron chi connectivity index (χ0n) is 23.5. The molecule has 0 saturated heterocycles. The third kappa shape index (κ3) is 20.0. The number of rotatable bonds is 28. The second-order valence-electron chi connectivity index (χ2n) is 10.2. The molecule has 0 aromatic heterocycles. The van der Waals surface area contributed by atoms with E-state index in [1.165, 1.54) is 89.2 Å². The predicted molar refractivity (Wildman–Crippen MR) is 148 cm³/mol. The molecule has 0 saturated carbocycles. The lowest BCUT2D eigenvalue weighted by Crippen LogP contribution is -2.33. The van der Waals surface area contributed by atoms with Gasteiger partial charge in [0.1, 0.15) is 5.78 Å². The van der Waals surface area contributed by atoms with Crippen LogP contribution in [0.25, 0.3) is 0 Å². The molecule has 8 nitrogen and oxygen atoms in total. The van der Waals surface area contributed by atoms with Crippen molar-refractivity contribution in [1.82, 2.24) is 4.90 Å². The van der Waals surface area contributed by atoms with Gasteiger partial charge in [-0.1, -0.05) is 89.9 Å². The minimum atomic E-state index is -0.680. The largest absolute Gasteiger partial charge is 0.481 e. The maximum absolute atomic E-state index is 12.0. The van der Waals surface area contributed by atoms with Crippen molar-refractivity contribution in [2.24, 2.45) is 0 Å². The van der Waals surface area contributed by atoms with Crippen LogP contribution in [0.15, 0.2) is 12.2 Å². The number of carbonyl (C=O) groups excluding carboxylic acids is 3. The molecule has 1 aliphatic heterocycles. The summed E-state index contributed by atoms with van der Waals surface area (Å²) in [6.45, 7) is 1.69. The molecule has 0 aliphatic carbocycles. The van der Waals surface area contributed by atoms with Gasteiger partial charge in [0.2, 0.25) is 0 Å². The summed E-state index contributed by atoms with van der Waals surface area (Å²) in [6.07, 6.45) is 23.2. The summed E-state index contributed by atoms with van der Waals surface area (Å²) in [5.41, 5.74) is 0. The van der Waals surface area contributed by atoms with Gasteiger partial charge >= 0.3 is 5.97 Å². The van der Waals surface area contributed by atoms with Crippen LogP contribution in [0.4, 0.5) is 0 Å². The Morgan fingerprint density at radius 3 is 1.39 bits per heavy atom. The Bertz CT molecular complexity index is 674. The molecule has 0 aromatic carbocycles. The number of ether oxygens (including phenoxy) is 2. The smallest absolute Gasteiger partial charge is 0.303 e. The highest BCUT2D eigenvalue weighted by molar-refractivity contribution is 6.12. The number of imide groups is 1. The van der Waals surface area contributed by atoms with E-state index in [0.29, 0.717) is 39.1 Å². The van der Waals surface area contributed by atoms with E-state index in [2.05, 4.69) is 0 Å². The SMILES string of the molecule is O=C(O)CCCCCCCCCCCCCCCCCCC(=O)CCOCCOCCN1C(=O)C=CC1=O. The maximum Gasteiger partial charge on any atom is 0.303 e. The fraction of sp³-hybridized carbons (Fsp3) is 0.800. The zero-order chi connectivity index (χ0) is 27.7. The summed E-state index contributed by atoms with van der Waals surface area (Å²) in [6, 6.07) is 0. The Kier molecular flexibility index (Phi) is 21.5. The first-order valence-corrected chi connectivity index (χ1v) is 14.9. The molecule has 0 spiro atoms. The first kappa shape index (κ1) is 34.0. The van der Waals surface area contributed by atoms with Gasteiger partial charge in [0, 0.05) is 31.4 Å². The molecule has 38 heavy (non-hydrogen) atoms. The number of carbonyl (C=O) groups is 4. The van der Waals surface area contributed by atoms with E-state index >= 15 is 0 Å². The number of unbranched alkanes of at least 4 members (excludes halogenated alkanes) is 15. The third-order valence-corrected chi connectivity index (χ3v) is 6.85. The van der Waals surface area contributed by atoms with E-state index in [4.69, 9.17) is 14.6 Å². The fourth-order valence-corrected chi connectivity index (χ4v) is 4.51. The number of amides is 2. The minimum absolute atomic E-state index is 0.241. The minimum Gasteiger partial charge on any atom is -0.481 e. The van der Waals surface area contributed by atoms with Gasteiger partial charge in [-0.3, -0.25) is 24.1 Å². The van der Waals surface area contributed by atoms with E-state index in [1.807, 2.05) is 0 Å². The average molecular weight is 538 g/mol. The highest BCUT2D eigenvalue weighted by Crippen LogP contribution is 2.14. The fourth-order valence-electron chi connectivity index (χ4n) is 4.51. The molecule has 0 aromatic rings. The highest BCUT2D eigenvalue weighted by Gasteiger charge is 2.22. The van der Waals surface area contributed by atoms with Gasteiger partial charge in [-0.05, 0) is 12.8 Å². The molecule has 1 heterocycles. The van der Waals surface area contributed by atoms with E-state index < -0.39 is 5.97 Å². The van der Waals surface area contributed by atoms with Crippen LogP contribution in [-0.4, -0.2) is 66.5 Å². The zero-order valence-corrected chi connectivity index (χ0v) is 23.5. The molecule has 8 heteroatoms. The number of nitrogens with zero attached hydrogens (tertiary/aromatic N) is 1. The molecule has 0 fully saturated rings. The van der Waals surface area contributed by atoms with Crippen LogP contribution in [-0.2, 0) is 28.7 Å². The van der Waals surface area contributed by atoms with Crippen molar-refractivity contribution in [3.8, 4) is 0 Å². The van der Waals surface area contributed by atoms with Crippen LogP contribution >= 0.6 is 0 Å². The number of hydrogen-bond acceptors (Lipinski definition) is 6. The van der Waals surface area contributed by atoms with Crippen molar-refractivity contribution in [2.75, 3.05) is 33.0 Å². The number of Topliss-reactive ketones (excluding diaryl/α,β-unsaturated/α-hetero) is 1. The Hall–Kier alpha value is -2.06. The average Bonchev–Trinajstić information content (AvgIpc) is 3.21. The molecule has 0 atom stereocenters. The van der Waals surface area contributed by atoms with Gasteiger partial charge in [0.05, 0.1) is 33.0 Å². The lowest BCUT2D eigenvalue weighted by Gasteiger charge is -2.13. The van der Waals surface area contributed by atoms with Gasteiger partial charge in [-0.2, -0.15) is 0 Å². The van der Waals surface area contributed by atoms with Crippen molar-refractivity contribution in [3.05, 3.63) is 12.2 Å². The van der Waals surface area contributed by atoms with Crippen molar-refractivity contribution < 1.29 is 33.8 Å². The Morgan fingerprint density at radius 1 is 0.553 bits per heavy atom. The molecule has 1 rings (SSSR count). The van der Waals surface area contributed by atoms with Gasteiger partial charge in [0.25, 0.3) is 11.8 Å². The molecule has 218 valence electrons. The van der Waals surface area contributed by atoms with E-state index in [-0.39, 0.29) is 30.7 Å². The summed E-state index contributed by atoms with van der Waals surface area (Å²) in [7, 11) is 0. The molecule has 0 radical (unpaired) electrons. The summed E-state index contributed by atoms with van der Waals surface area (Å²) in [4.78, 5) is 46.3. The lowest BCUT2D eigenvalue weighted by molar-refractivity contribution is -0.138. The summed E-state index contributed by atoms with van der Waals surface area (Å²) in [5, 5.41) is 8.61. The third-order valence-electron chi connectivity index (χ3n) is 6.85. The number of carboxylic acids is 1. The summed E-state index contributed by atoms with van der Waals surface area (Å²) >= 11 is 0. The Morgan fingerprint density at radius 2 is 0.947 bits per heavy atom. The molecule has 0 bridgehead atoms. The quantitative estimate of drug-likeness (QED) is 0.0961. The second-order valence-corrected chi connectivity index (χ2v) is 10.2. The normalized spacial score (nSPS) is 13.1. The van der Waals surface area contributed by atoms with Gasteiger partial charge in [-0.15, -0.1) is 0 Å². The van der Waals surface area contributed by atoms with Crippen LogP contribution in [0.1, 0.15) is 122 Å².